The van der Waals surface area contributed by atoms with Crippen molar-refractivity contribution in [1.82, 2.24) is 14.8 Å². The molecule has 0 spiro atoms. The Labute approximate surface area is 226 Å². The lowest BCUT2D eigenvalue weighted by molar-refractivity contribution is -0.117. The smallest absolute Gasteiger partial charge is 0.256 e. The Balaban J connectivity index is 1.28. The zero-order valence-corrected chi connectivity index (χ0v) is 24.0. The van der Waals surface area contributed by atoms with Crippen molar-refractivity contribution >= 4 is 34.5 Å². The Kier molecular flexibility index (Phi) is 9.32. The van der Waals surface area contributed by atoms with Crippen LogP contribution in [0.2, 0.25) is 0 Å². The number of para-hydroxylation sites is 2. The quantitative estimate of drug-likeness (QED) is 0.305. The van der Waals surface area contributed by atoms with E-state index in [2.05, 4.69) is 73.8 Å². The predicted molar refractivity (Wildman–Crippen MR) is 155 cm³/mol. The standard InChI is InChI=1S/C30H42N4O2S/c1-20(2)23-17-24(21(3)4)29(25(18-23)22(5)6)32-28(35)19-34-13-11-33(12-14-34)15-16-37-30-31-26-9-7-8-10-27(26)36-30/h7-10,17-18,20-22H,11-16,19H2,1-6H3,(H,32,35). The number of rotatable bonds is 10. The number of benzene rings is 2. The van der Waals surface area contributed by atoms with Crippen LogP contribution in [0.25, 0.3) is 11.1 Å². The molecule has 6 nitrogen and oxygen atoms in total. The lowest BCUT2D eigenvalue weighted by atomic mass is 9.87. The van der Waals surface area contributed by atoms with Gasteiger partial charge in [0.15, 0.2) is 5.58 Å². The largest absolute Gasteiger partial charge is 0.431 e. The first-order chi connectivity index (χ1) is 17.7. The Hall–Kier alpha value is -2.35. The van der Waals surface area contributed by atoms with Crippen molar-refractivity contribution in [3.8, 4) is 0 Å². The summed E-state index contributed by atoms with van der Waals surface area (Å²) in [5, 5.41) is 4.05. The molecule has 1 N–H and O–H groups in total. The molecule has 1 aliphatic heterocycles. The van der Waals surface area contributed by atoms with Crippen LogP contribution >= 0.6 is 11.8 Å². The number of piperazine rings is 1. The number of oxazole rings is 1. The minimum atomic E-state index is 0.0843. The van der Waals surface area contributed by atoms with Gasteiger partial charge in [0.05, 0.1) is 6.54 Å². The minimum absolute atomic E-state index is 0.0843. The van der Waals surface area contributed by atoms with E-state index in [-0.39, 0.29) is 5.91 Å². The van der Waals surface area contributed by atoms with Gasteiger partial charge < -0.3 is 9.73 Å². The van der Waals surface area contributed by atoms with Crippen LogP contribution in [0.1, 0.15) is 76.0 Å². The summed E-state index contributed by atoms with van der Waals surface area (Å²) in [7, 11) is 0. The minimum Gasteiger partial charge on any atom is -0.431 e. The molecule has 7 heteroatoms. The highest BCUT2D eigenvalue weighted by Crippen LogP contribution is 2.36. The molecule has 2 heterocycles. The molecule has 0 atom stereocenters. The average molecular weight is 523 g/mol. The molecular weight excluding hydrogens is 480 g/mol. The zero-order valence-electron chi connectivity index (χ0n) is 23.2. The van der Waals surface area contributed by atoms with Crippen molar-refractivity contribution in [2.75, 3.05) is 50.3 Å². The second kappa shape index (κ2) is 12.5. The Bertz CT molecular complexity index is 1130. The number of carbonyl (C=O) groups is 1. The molecule has 200 valence electrons. The molecule has 4 rings (SSSR count). The third-order valence-corrected chi connectivity index (χ3v) is 7.94. The zero-order chi connectivity index (χ0) is 26.5. The number of thioether (sulfide) groups is 1. The monoisotopic (exact) mass is 522 g/mol. The van der Waals surface area contributed by atoms with Gasteiger partial charge in [0, 0.05) is 44.2 Å². The van der Waals surface area contributed by atoms with E-state index in [0.29, 0.717) is 24.3 Å². The number of anilines is 1. The van der Waals surface area contributed by atoms with Crippen LogP contribution in [0.5, 0.6) is 0 Å². The fraction of sp³-hybridized carbons (Fsp3) is 0.533. The van der Waals surface area contributed by atoms with Gasteiger partial charge in [-0.05, 0) is 46.6 Å². The Morgan fingerprint density at radius 1 is 0.946 bits per heavy atom. The van der Waals surface area contributed by atoms with E-state index in [1.807, 2.05) is 24.3 Å². The predicted octanol–water partition coefficient (Wildman–Crippen LogP) is 6.55. The van der Waals surface area contributed by atoms with E-state index in [0.717, 1.165) is 60.5 Å². The van der Waals surface area contributed by atoms with Crippen LogP contribution in [-0.2, 0) is 4.79 Å². The number of nitrogens with one attached hydrogen (secondary N) is 1. The van der Waals surface area contributed by atoms with Crippen LogP contribution in [-0.4, -0.2) is 65.7 Å². The maximum atomic E-state index is 13.1. The van der Waals surface area contributed by atoms with Crippen LogP contribution in [0.4, 0.5) is 5.69 Å². The van der Waals surface area contributed by atoms with Gasteiger partial charge in [-0.3, -0.25) is 14.6 Å². The van der Waals surface area contributed by atoms with Gasteiger partial charge in [0.1, 0.15) is 5.52 Å². The van der Waals surface area contributed by atoms with E-state index in [1.165, 1.54) is 16.7 Å². The van der Waals surface area contributed by atoms with E-state index in [4.69, 9.17) is 4.42 Å². The molecule has 0 radical (unpaired) electrons. The second-order valence-corrected chi connectivity index (χ2v) is 12.0. The average Bonchev–Trinajstić information content (AvgIpc) is 3.27. The van der Waals surface area contributed by atoms with Gasteiger partial charge in [-0.15, -0.1) is 0 Å². The van der Waals surface area contributed by atoms with Gasteiger partial charge in [0.2, 0.25) is 5.91 Å². The summed E-state index contributed by atoms with van der Waals surface area (Å²) in [5.41, 5.74) is 6.60. The highest BCUT2D eigenvalue weighted by Gasteiger charge is 2.22. The van der Waals surface area contributed by atoms with Crippen molar-refractivity contribution in [2.45, 2.75) is 64.5 Å². The molecule has 1 aromatic heterocycles. The highest BCUT2D eigenvalue weighted by molar-refractivity contribution is 7.99. The van der Waals surface area contributed by atoms with Crippen LogP contribution in [0.3, 0.4) is 0 Å². The van der Waals surface area contributed by atoms with E-state index < -0.39 is 0 Å². The van der Waals surface area contributed by atoms with E-state index in [9.17, 15) is 4.79 Å². The number of aromatic nitrogens is 1. The van der Waals surface area contributed by atoms with Crippen molar-refractivity contribution in [3.05, 3.63) is 53.1 Å². The number of nitrogens with zero attached hydrogens (tertiary/aromatic N) is 3. The maximum Gasteiger partial charge on any atom is 0.256 e. The molecule has 2 aromatic carbocycles. The van der Waals surface area contributed by atoms with Crippen molar-refractivity contribution in [2.24, 2.45) is 0 Å². The molecule has 0 aliphatic carbocycles. The molecule has 1 aliphatic rings. The Morgan fingerprint density at radius 2 is 1.57 bits per heavy atom. The molecule has 1 saturated heterocycles. The highest BCUT2D eigenvalue weighted by atomic mass is 32.2. The summed E-state index contributed by atoms with van der Waals surface area (Å²) in [6.45, 7) is 18.5. The topological polar surface area (TPSA) is 61.6 Å². The number of fused-ring (bicyclic) bond motifs is 1. The summed E-state index contributed by atoms with van der Waals surface area (Å²) in [5.74, 6) is 2.19. The third kappa shape index (κ3) is 7.15. The van der Waals surface area contributed by atoms with E-state index in [1.54, 1.807) is 11.8 Å². The molecule has 0 bridgehead atoms. The second-order valence-electron chi connectivity index (χ2n) is 11.0. The molecule has 37 heavy (non-hydrogen) atoms. The lowest BCUT2D eigenvalue weighted by Crippen LogP contribution is -2.49. The SMILES string of the molecule is CC(C)c1cc(C(C)C)c(NC(=O)CN2CCN(CCSc3nc4ccccc4o3)CC2)c(C(C)C)c1. The number of hydrogen-bond acceptors (Lipinski definition) is 6. The molecule has 3 aromatic rings. The third-order valence-electron chi connectivity index (χ3n) is 7.14. The van der Waals surface area contributed by atoms with Gasteiger partial charge in [-0.25, -0.2) is 4.98 Å². The number of amides is 1. The first-order valence-electron chi connectivity index (χ1n) is 13.6. The van der Waals surface area contributed by atoms with Gasteiger partial charge in [-0.1, -0.05) is 77.6 Å². The summed E-state index contributed by atoms with van der Waals surface area (Å²) in [6.07, 6.45) is 0. The lowest BCUT2D eigenvalue weighted by Gasteiger charge is -2.34. The van der Waals surface area contributed by atoms with Gasteiger partial charge in [-0.2, -0.15) is 0 Å². The van der Waals surface area contributed by atoms with E-state index >= 15 is 0 Å². The number of carbonyl (C=O) groups excluding carboxylic acids is 1. The molecule has 0 saturated carbocycles. The van der Waals surface area contributed by atoms with Crippen molar-refractivity contribution in [3.63, 3.8) is 0 Å². The van der Waals surface area contributed by atoms with Gasteiger partial charge in [0.25, 0.3) is 5.22 Å². The van der Waals surface area contributed by atoms with Crippen LogP contribution in [0.15, 0.2) is 46.0 Å². The van der Waals surface area contributed by atoms with Gasteiger partial charge >= 0.3 is 0 Å². The first kappa shape index (κ1) is 27.7. The summed E-state index contributed by atoms with van der Waals surface area (Å²) >= 11 is 1.67. The molecule has 0 unspecified atom stereocenters. The molecule has 1 amide bonds. The molecular formula is C30H42N4O2S. The fourth-order valence-electron chi connectivity index (χ4n) is 4.83. The summed E-state index contributed by atoms with van der Waals surface area (Å²) < 4.78 is 5.81. The number of hydrogen-bond donors (Lipinski definition) is 1. The normalized spacial score (nSPS) is 15.4. The maximum absolute atomic E-state index is 13.1. The Morgan fingerprint density at radius 3 is 2.16 bits per heavy atom. The fourth-order valence-corrected chi connectivity index (χ4v) is 5.66. The first-order valence-corrected chi connectivity index (χ1v) is 14.6. The van der Waals surface area contributed by atoms with Crippen LogP contribution in [0, 0.1) is 0 Å². The molecule has 1 fully saturated rings. The summed E-state index contributed by atoms with van der Waals surface area (Å²) in [6, 6.07) is 12.5. The van der Waals surface area contributed by atoms with Crippen molar-refractivity contribution in [1.29, 1.82) is 0 Å². The van der Waals surface area contributed by atoms with Crippen molar-refractivity contribution < 1.29 is 9.21 Å². The van der Waals surface area contributed by atoms with Crippen LogP contribution < -0.4 is 5.32 Å². The summed E-state index contributed by atoms with van der Waals surface area (Å²) in [4.78, 5) is 22.4.